The Kier molecular flexibility index (Phi) is 8.99. The number of hydrogen-bond acceptors (Lipinski definition) is 6. The van der Waals surface area contributed by atoms with Gasteiger partial charge in [0.15, 0.2) is 0 Å². The molecule has 0 atom stereocenters. The van der Waals surface area contributed by atoms with Crippen molar-refractivity contribution in [1.29, 1.82) is 0 Å². The molecule has 1 aliphatic rings. The predicted molar refractivity (Wildman–Crippen MR) is 103 cm³/mol. The molecule has 0 aromatic rings. The van der Waals surface area contributed by atoms with Crippen molar-refractivity contribution in [2.75, 3.05) is 11.5 Å². The first kappa shape index (κ1) is 21.7. The zero-order chi connectivity index (χ0) is 18.2. The van der Waals surface area contributed by atoms with Crippen LogP contribution in [0.1, 0.15) is 72.1 Å². The summed E-state index contributed by atoms with van der Waals surface area (Å²) in [6, 6.07) is 0. The molecule has 0 radical (unpaired) electrons. The zero-order valence-corrected chi connectivity index (χ0v) is 17.0. The lowest BCUT2D eigenvalue weighted by Gasteiger charge is -2.45. The van der Waals surface area contributed by atoms with Gasteiger partial charge in [0.2, 0.25) is 0 Å². The van der Waals surface area contributed by atoms with E-state index in [2.05, 4.69) is 39.1 Å². The molecule has 0 aromatic heterocycles. The van der Waals surface area contributed by atoms with Crippen molar-refractivity contribution in [2.24, 2.45) is 5.92 Å². The largest absolute Gasteiger partial charge is 0.459 e. The van der Waals surface area contributed by atoms with E-state index in [0.717, 1.165) is 38.5 Å². The van der Waals surface area contributed by atoms with Crippen molar-refractivity contribution in [3.05, 3.63) is 0 Å². The number of carbonyl (C=O) groups is 2. The Balaban J connectivity index is 2.71. The van der Waals surface area contributed by atoms with Crippen molar-refractivity contribution in [2.45, 2.75) is 83.3 Å². The summed E-state index contributed by atoms with van der Waals surface area (Å²) in [5, 5.41) is 0. The number of ether oxygens (including phenoxy) is 2. The van der Waals surface area contributed by atoms with Crippen molar-refractivity contribution >= 4 is 37.2 Å². The van der Waals surface area contributed by atoms with E-state index >= 15 is 0 Å². The van der Waals surface area contributed by atoms with Crippen LogP contribution < -0.4 is 0 Å². The second kappa shape index (κ2) is 9.95. The second-order valence-electron chi connectivity index (χ2n) is 6.89. The monoisotopic (exact) mass is 376 g/mol. The van der Waals surface area contributed by atoms with Crippen molar-refractivity contribution in [3.8, 4) is 0 Å². The summed E-state index contributed by atoms with van der Waals surface area (Å²) >= 11 is 8.19. The molecule has 4 nitrogen and oxygen atoms in total. The van der Waals surface area contributed by atoms with Gasteiger partial charge in [0.1, 0.15) is 11.2 Å². The van der Waals surface area contributed by atoms with Crippen LogP contribution in [0.3, 0.4) is 0 Å². The Morgan fingerprint density at radius 1 is 1.04 bits per heavy atom. The molecule has 140 valence electrons. The van der Waals surface area contributed by atoms with Gasteiger partial charge in [0, 0.05) is 11.5 Å². The lowest BCUT2D eigenvalue weighted by molar-refractivity contribution is -0.175. The minimum atomic E-state index is -0.406. The highest BCUT2D eigenvalue weighted by Crippen LogP contribution is 2.44. The van der Waals surface area contributed by atoms with E-state index in [1.165, 1.54) is 0 Å². The van der Waals surface area contributed by atoms with Crippen LogP contribution in [0, 0.1) is 5.92 Å². The molecule has 0 heterocycles. The van der Waals surface area contributed by atoms with Gasteiger partial charge in [-0.2, -0.15) is 25.3 Å². The minimum absolute atomic E-state index is 0.165. The maximum atomic E-state index is 12.0. The fraction of sp³-hybridized carbons (Fsp3) is 0.889. The van der Waals surface area contributed by atoms with Crippen LogP contribution in [-0.4, -0.2) is 34.6 Å². The summed E-state index contributed by atoms with van der Waals surface area (Å²) in [7, 11) is 0. The highest BCUT2D eigenvalue weighted by molar-refractivity contribution is 7.80. The van der Waals surface area contributed by atoms with Crippen LogP contribution >= 0.6 is 25.3 Å². The average Bonchev–Trinajstić information content (AvgIpc) is 2.53. The quantitative estimate of drug-likeness (QED) is 0.467. The summed E-state index contributed by atoms with van der Waals surface area (Å²) in [6.45, 7) is 6.17. The lowest BCUT2D eigenvalue weighted by Crippen LogP contribution is -2.46. The molecule has 6 heteroatoms. The Labute approximate surface area is 157 Å². The molecule has 0 N–H and O–H groups in total. The average molecular weight is 377 g/mol. The molecule has 0 saturated heterocycles. The fourth-order valence-corrected chi connectivity index (χ4v) is 4.06. The Hall–Kier alpha value is -0.360. The van der Waals surface area contributed by atoms with E-state index in [1.807, 2.05) is 6.92 Å². The van der Waals surface area contributed by atoms with Gasteiger partial charge in [-0.1, -0.05) is 13.8 Å². The van der Waals surface area contributed by atoms with Crippen LogP contribution in [0.4, 0.5) is 0 Å². The SMILES string of the molecule is CCC(CC)(OC(=O)CCS)C1CCC(C)(OC(=O)CCS)CC1. The molecule has 0 spiro atoms. The minimum Gasteiger partial charge on any atom is -0.459 e. The fourth-order valence-electron chi connectivity index (χ4n) is 3.70. The van der Waals surface area contributed by atoms with Gasteiger partial charge < -0.3 is 9.47 Å². The summed E-state index contributed by atoms with van der Waals surface area (Å²) in [6.07, 6.45) is 5.73. The first-order valence-corrected chi connectivity index (χ1v) is 10.3. The van der Waals surface area contributed by atoms with Gasteiger partial charge in [-0.25, -0.2) is 0 Å². The van der Waals surface area contributed by atoms with Crippen molar-refractivity contribution < 1.29 is 19.1 Å². The molecular formula is C18H32O4S2. The molecule has 1 rings (SSSR count). The number of thiol groups is 2. The van der Waals surface area contributed by atoms with Crippen LogP contribution in [0.2, 0.25) is 0 Å². The third-order valence-corrected chi connectivity index (χ3v) is 5.74. The topological polar surface area (TPSA) is 52.6 Å². The van der Waals surface area contributed by atoms with E-state index in [1.54, 1.807) is 0 Å². The smallest absolute Gasteiger partial charge is 0.307 e. The Bertz CT molecular complexity index is 413. The maximum Gasteiger partial charge on any atom is 0.307 e. The number of esters is 2. The number of carbonyl (C=O) groups excluding carboxylic acids is 2. The highest BCUT2D eigenvalue weighted by atomic mass is 32.1. The van der Waals surface area contributed by atoms with Gasteiger partial charge in [-0.3, -0.25) is 9.59 Å². The summed E-state index contributed by atoms with van der Waals surface area (Å²) in [4.78, 5) is 23.8. The van der Waals surface area contributed by atoms with E-state index in [0.29, 0.717) is 30.3 Å². The molecular weight excluding hydrogens is 344 g/mol. The number of rotatable bonds is 9. The summed E-state index contributed by atoms with van der Waals surface area (Å²) in [5.41, 5.74) is -0.810. The molecule has 24 heavy (non-hydrogen) atoms. The third-order valence-electron chi connectivity index (χ3n) is 5.29. The van der Waals surface area contributed by atoms with Crippen LogP contribution in [0.15, 0.2) is 0 Å². The van der Waals surface area contributed by atoms with Gasteiger partial charge in [0.25, 0.3) is 0 Å². The second-order valence-corrected chi connectivity index (χ2v) is 7.79. The van der Waals surface area contributed by atoms with E-state index in [9.17, 15) is 9.59 Å². The molecule has 1 saturated carbocycles. The predicted octanol–water partition coefficient (Wildman–Crippen LogP) is 4.22. The molecule has 1 fully saturated rings. The highest BCUT2D eigenvalue weighted by Gasteiger charge is 2.44. The van der Waals surface area contributed by atoms with Crippen LogP contribution in [0.5, 0.6) is 0 Å². The molecule has 0 aromatic carbocycles. The van der Waals surface area contributed by atoms with E-state index < -0.39 is 11.2 Å². The number of hydrogen-bond donors (Lipinski definition) is 2. The van der Waals surface area contributed by atoms with Gasteiger partial charge in [-0.05, 0) is 51.4 Å². The first-order chi connectivity index (χ1) is 11.3. The molecule has 0 amide bonds. The third kappa shape index (κ3) is 5.87. The van der Waals surface area contributed by atoms with Crippen molar-refractivity contribution in [3.63, 3.8) is 0 Å². The van der Waals surface area contributed by atoms with Gasteiger partial charge in [0.05, 0.1) is 12.8 Å². The van der Waals surface area contributed by atoms with Crippen molar-refractivity contribution in [1.82, 2.24) is 0 Å². The standard InChI is InChI=1S/C18H32O4S2/c1-4-18(5-2,22-16(20)9-13-24)14-6-10-17(3,11-7-14)21-15(19)8-12-23/h14,23-24H,4-13H2,1-3H3. The van der Waals surface area contributed by atoms with Gasteiger partial charge >= 0.3 is 11.9 Å². The van der Waals surface area contributed by atoms with Gasteiger partial charge in [-0.15, -0.1) is 0 Å². The molecule has 0 unspecified atom stereocenters. The van der Waals surface area contributed by atoms with E-state index in [-0.39, 0.29) is 11.9 Å². The lowest BCUT2D eigenvalue weighted by atomic mass is 9.70. The normalized spacial score (nSPS) is 24.5. The van der Waals surface area contributed by atoms with Crippen LogP contribution in [-0.2, 0) is 19.1 Å². The van der Waals surface area contributed by atoms with E-state index in [4.69, 9.17) is 9.47 Å². The zero-order valence-electron chi connectivity index (χ0n) is 15.2. The summed E-state index contributed by atoms with van der Waals surface area (Å²) < 4.78 is 11.6. The maximum absolute atomic E-state index is 12.0. The Morgan fingerprint density at radius 3 is 2.00 bits per heavy atom. The molecule has 0 aliphatic heterocycles. The molecule has 0 bridgehead atoms. The Morgan fingerprint density at radius 2 is 1.54 bits per heavy atom. The first-order valence-electron chi connectivity index (χ1n) is 9.00. The summed E-state index contributed by atoms with van der Waals surface area (Å²) in [5.74, 6) is 0.984. The molecule has 1 aliphatic carbocycles. The van der Waals surface area contributed by atoms with Crippen LogP contribution in [0.25, 0.3) is 0 Å².